The largest absolute Gasteiger partial charge is 0.487 e. The Bertz CT molecular complexity index is 979. The molecule has 8 heteroatoms. The first-order valence-corrected chi connectivity index (χ1v) is 13.8. The minimum atomic E-state index is -3.84. The maximum atomic E-state index is 13.6. The van der Waals surface area contributed by atoms with Crippen LogP contribution in [0.4, 0.5) is 0 Å². The molecule has 7 nitrogen and oxygen atoms in total. The molecule has 3 rings (SSSR count). The van der Waals surface area contributed by atoms with Crippen LogP contribution in [0.25, 0.3) is 0 Å². The molecule has 0 spiro atoms. The summed E-state index contributed by atoms with van der Waals surface area (Å²) in [6, 6.07) is 4.53. The number of aliphatic hydroxyl groups excluding tert-OH is 1. The Hall–Kier alpha value is -1.63. The van der Waals surface area contributed by atoms with Crippen LogP contribution in [0.3, 0.4) is 0 Å². The molecule has 0 radical (unpaired) electrons. The molecule has 0 aliphatic carbocycles. The zero-order valence-corrected chi connectivity index (χ0v) is 22.0. The molecule has 3 atom stereocenters. The van der Waals surface area contributed by atoms with Crippen LogP contribution in [0.2, 0.25) is 0 Å². The molecule has 0 aromatic heterocycles. The molecule has 1 saturated heterocycles. The summed E-state index contributed by atoms with van der Waals surface area (Å²) in [5.74, 6) is 7.33. The quantitative estimate of drug-likeness (QED) is 0.616. The average molecular weight is 493 g/mol. The minimum absolute atomic E-state index is 0.0699. The van der Waals surface area contributed by atoms with E-state index in [2.05, 4.69) is 23.8 Å². The summed E-state index contributed by atoms with van der Waals surface area (Å²) in [6.45, 7) is 11.1. The number of ether oxygens (including phenoxy) is 2. The van der Waals surface area contributed by atoms with Gasteiger partial charge >= 0.3 is 0 Å². The van der Waals surface area contributed by atoms with E-state index in [0.717, 1.165) is 38.2 Å². The minimum Gasteiger partial charge on any atom is -0.487 e. The Morgan fingerprint density at radius 3 is 2.56 bits per heavy atom. The fourth-order valence-electron chi connectivity index (χ4n) is 4.50. The van der Waals surface area contributed by atoms with Gasteiger partial charge in [-0.05, 0) is 50.9 Å². The maximum absolute atomic E-state index is 13.6. The summed E-state index contributed by atoms with van der Waals surface area (Å²) >= 11 is 0. The Balaban J connectivity index is 1.94. The first-order valence-electron chi connectivity index (χ1n) is 12.3. The molecule has 1 aromatic carbocycles. The fourth-order valence-corrected chi connectivity index (χ4v) is 6.33. The van der Waals surface area contributed by atoms with Crippen LogP contribution >= 0.6 is 0 Å². The third-order valence-electron chi connectivity index (χ3n) is 6.57. The highest BCUT2D eigenvalue weighted by Crippen LogP contribution is 2.34. The van der Waals surface area contributed by atoms with Crippen molar-refractivity contribution in [2.75, 3.05) is 46.5 Å². The van der Waals surface area contributed by atoms with Gasteiger partial charge in [-0.15, -0.1) is 0 Å². The van der Waals surface area contributed by atoms with Crippen LogP contribution in [0.5, 0.6) is 5.75 Å². The lowest BCUT2D eigenvalue weighted by atomic mass is 9.98. The summed E-state index contributed by atoms with van der Waals surface area (Å²) in [4.78, 5) is 2.42. The third-order valence-corrected chi connectivity index (χ3v) is 8.59. The van der Waals surface area contributed by atoms with E-state index in [1.165, 1.54) is 4.31 Å². The molecule has 34 heavy (non-hydrogen) atoms. The number of nitrogens with zero attached hydrogens (tertiary/aromatic N) is 2. The molecule has 1 aromatic rings. The maximum Gasteiger partial charge on any atom is 0.247 e. The van der Waals surface area contributed by atoms with Crippen LogP contribution in [-0.4, -0.2) is 81.4 Å². The standard InChI is InChI=1S/C26H40N2O5S/c1-19(2)6-7-22-8-9-26-24(14-22)33-25(17-27(5)16-23-10-12-32-13-11-23)20(3)15-28(21(4)18-29)34(26,30)31/h8-9,14,19-21,23,25,29H,10-13,15-18H2,1-5H3/t20-,21+,25-/m0/s1. The van der Waals surface area contributed by atoms with Crippen molar-refractivity contribution >= 4 is 10.0 Å². The molecule has 2 heterocycles. The summed E-state index contributed by atoms with van der Waals surface area (Å²) in [5.41, 5.74) is 0.729. The second-order valence-electron chi connectivity index (χ2n) is 10.1. The molecule has 0 bridgehead atoms. The summed E-state index contributed by atoms with van der Waals surface area (Å²) in [7, 11) is -1.74. The zero-order valence-electron chi connectivity index (χ0n) is 21.2. The highest BCUT2D eigenvalue weighted by molar-refractivity contribution is 7.89. The van der Waals surface area contributed by atoms with Crippen molar-refractivity contribution in [2.45, 2.75) is 57.6 Å². The van der Waals surface area contributed by atoms with Gasteiger partial charge in [0.15, 0.2) is 0 Å². The Kier molecular flexibility index (Phi) is 9.41. The molecule has 1 fully saturated rings. The van der Waals surface area contributed by atoms with Gasteiger partial charge < -0.3 is 19.5 Å². The number of benzene rings is 1. The molecule has 0 unspecified atom stereocenters. The Labute approximate surface area is 205 Å². The van der Waals surface area contributed by atoms with Crippen LogP contribution in [-0.2, 0) is 14.8 Å². The first-order chi connectivity index (χ1) is 16.1. The van der Waals surface area contributed by atoms with Crippen molar-refractivity contribution in [3.8, 4) is 17.6 Å². The van der Waals surface area contributed by atoms with Crippen molar-refractivity contribution < 1.29 is 23.0 Å². The normalized spacial score (nSPS) is 24.5. The fraction of sp³-hybridized carbons (Fsp3) is 0.692. The number of sulfonamides is 1. The van der Waals surface area contributed by atoms with Crippen molar-refractivity contribution in [1.82, 2.24) is 9.21 Å². The Morgan fingerprint density at radius 2 is 1.91 bits per heavy atom. The monoisotopic (exact) mass is 492 g/mol. The summed E-state index contributed by atoms with van der Waals surface area (Å²) in [5, 5.41) is 9.80. The van der Waals surface area contributed by atoms with Crippen molar-refractivity contribution in [2.24, 2.45) is 17.8 Å². The van der Waals surface area contributed by atoms with Crippen molar-refractivity contribution in [3.63, 3.8) is 0 Å². The highest BCUT2D eigenvalue weighted by Gasteiger charge is 2.38. The molecule has 1 N–H and O–H groups in total. The van der Waals surface area contributed by atoms with Crippen LogP contribution in [0.15, 0.2) is 23.1 Å². The lowest BCUT2D eigenvalue weighted by molar-refractivity contribution is 0.0402. The summed E-state index contributed by atoms with van der Waals surface area (Å²) in [6.07, 6.45) is 1.92. The smallest absolute Gasteiger partial charge is 0.247 e. The highest BCUT2D eigenvalue weighted by atomic mass is 32.2. The second-order valence-corrected chi connectivity index (χ2v) is 12.0. The molecular formula is C26H40N2O5S. The van der Waals surface area contributed by atoms with Gasteiger partial charge in [0.25, 0.3) is 0 Å². The second kappa shape index (κ2) is 11.9. The number of rotatable bonds is 6. The van der Waals surface area contributed by atoms with E-state index in [0.29, 0.717) is 18.2 Å². The van der Waals surface area contributed by atoms with E-state index in [-0.39, 0.29) is 36.0 Å². The molecule has 190 valence electrons. The number of hydrogen-bond acceptors (Lipinski definition) is 6. The number of aliphatic hydroxyl groups is 1. The molecule has 0 amide bonds. The van der Waals surface area contributed by atoms with E-state index >= 15 is 0 Å². The molecule has 0 saturated carbocycles. The van der Waals surface area contributed by atoms with E-state index in [1.54, 1.807) is 25.1 Å². The number of hydrogen-bond donors (Lipinski definition) is 1. The van der Waals surface area contributed by atoms with E-state index in [9.17, 15) is 13.5 Å². The van der Waals surface area contributed by atoms with Gasteiger partial charge in [-0.3, -0.25) is 0 Å². The molecule has 2 aliphatic rings. The van der Waals surface area contributed by atoms with Gasteiger partial charge in [-0.25, -0.2) is 8.42 Å². The van der Waals surface area contributed by atoms with E-state index in [1.807, 2.05) is 20.8 Å². The zero-order chi connectivity index (χ0) is 24.9. The average Bonchev–Trinajstić information content (AvgIpc) is 2.80. The van der Waals surface area contributed by atoms with Crippen LogP contribution in [0, 0.1) is 29.6 Å². The van der Waals surface area contributed by atoms with E-state index < -0.39 is 16.1 Å². The molecular weight excluding hydrogens is 452 g/mol. The lowest BCUT2D eigenvalue weighted by Crippen LogP contribution is -2.50. The van der Waals surface area contributed by atoms with Gasteiger partial charge in [0.05, 0.1) is 6.61 Å². The first kappa shape index (κ1) is 27.0. The van der Waals surface area contributed by atoms with Gasteiger partial charge in [0.2, 0.25) is 10.0 Å². The van der Waals surface area contributed by atoms with Gasteiger partial charge in [-0.2, -0.15) is 4.31 Å². The summed E-state index contributed by atoms with van der Waals surface area (Å²) < 4.78 is 40.5. The van der Waals surface area contributed by atoms with Gasteiger partial charge in [0.1, 0.15) is 16.7 Å². The van der Waals surface area contributed by atoms with Crippen molar-refractivity contribution in [1.29, 1.82) is 0 Å². The van der Waals surface area contributed by atoms with Crippen LogP contribution < -0.4 is 4.74 Å². The lowest BCUT2D eigenvalue weighted by Gasteiger charge is -2.38. The van der Waals surface area contributed by atoms with Crippen LogP contribution in [0.1, 0.15) is 46.1 Å². The van der Waals surface area contributed by atoms with Crippen molar-refractivity contribution in [3.05, 3.63) is 23.8 Å². The predicted octanol–water partition coefficient (Wildman–Crippen LogP) is 2.82. The van der Waals surface area contributed by atoms with Gasteiger partial charge in [-0.1, -0.05) is 32.6 Å². The predicted molar refractivity (Wildman–Crippen MR) is 133 cm³/mol. The van der Waals surface area contributed by atoms with Gasteiger partial charge in [0, 0.05) is 56.3 Å². The Morgan fingerprint density at radius 1 is 1.21 bits per heavy atom. The third kappa shape index (κ3) is 6.73. The number of fused-ring (bicyclic) bond motifs is 1. The van der Waals surface area contributed by atoms with E-state index in [4.69, 9.17) is 9.47 Å². The number of likely N-dealkylation sites (N-methyl/N-ethyl adjacent to an activating group) is 1. The topological polar surface area (TPSA) is 79.3 Å². The SMILES string of the molecule is CC(C)C#Cc1ccc2c(c1)O[C@@H](CN(C)CC1CCOCC1)[C@@H](C)CN([C@H](C)CO)S2(=O)=O. The molecule has 2 aliphatic heterocycles.